The third kappa shape index (κ3) is 5.14. The fourth-order valence-corrected chi connectivity index (χ4v) is 2.08. The monoisotopic (exact) mass is 286 g/mol. The van der Waals surface area contributed by atoms with E-state index in [2.05, 4.69) is 12.2 Å². The van der Waals surface area contributed by atoms with Crippen molar-refractivity contribution >= 4 is 17.3 Å². The van der Waals surface area contributed by atoms with E-state index < -0.39 is 4.92 Å². The molecule has 0 aliphatic rings. The fraction of sp³-hybridized carbons (Fsp3) is 0.538. The number of nitro groups is 1. The molecule has 1 aromatic rings. The summed E-state index contributed by atoms with van der Waals surface area (Å²) < 4.78 is 0. The average Bonchev–Trinajstić information content (AvgIpc) is 2.39. The van der Waals surface area contributed by atoms with Crippen LogP contribution in [0.2, 0.25) is 5.02 Å². The number of aliphatic hydroxyl groups excluding tert-OH is 1. The minimum atomic E-state index is -0.461. The van der Waals surface area contributed by atoms with E-state index in [9.17, 15) is 10.1 Å². The van der Waals surface area contributed by atoms with Gasteiger partial charge in [0.1, 0.15) is 0 Å². The van der Waals surface area contributed by atoms with Crippen LogP contribution in [0.5, 0.6) is 0 Å². The van der Waals surface area contributed by atoms with Crippen LogP contribution < -0.4 is 5.32 Å². The van der Waals surface area contributed by atoms with Crippen LogP contribution in [-0.2, 0) is 6.54 Å². The molecule has 6 heteroatoms. The van der Waals surface area contributed by atoms with Crippen molar-refractivity contribution in [3.05, 3.63) is 38.9 Å². The number of rotatable bonds is 8. The van der Waals surface area contributed by atoms with Crippen molar-refractivity contribution in [1.82, 2.24) is 5.32 Å². The van der Waals surface area contributed by atoms with E-state index >= 15 is 0 Å². The first-order valence-electron chi connectivity index (χ1n) is 6.32. The summed E-state index contributed by atoms with van der Waals surface area (Å²) in [5, 5.41) is 23.1. The van der Waals surface area contributed by atoms with Crippen LogP contribution in [0.3, 0.4) is 0 Å². The Bertz CT molecular complexity index is 426. The van der Waals surface area contributed by atoms with Crippen LogP contribution in [0.15, 0.2) is 18.2 Å². The van der Waals surface area contributed by atoms with Gasteiger partial charge < -0.3 is 10.4 Å². The molecule has 0 radical (unpaired) electrons. The largest absolute Gasteiger partial charge is 0.396 e. The van der Waals surface area contributed by atoms with E-state index in [-0.39, 0.29) is 12.3 Å². The number of hydrogen-bond acceptors (Lipinski definition) is 4. The van der Waals surface area contributed by atoms with Crippen LogP contribution in [0.4, 0.5) is 5.69 Å². The molecule has 0 aliphatic heterocycles. The predicted molar refractivity (Wildman–Crippen MR) is 75.3 cm³/mol. The quantitative estimate of drug-likeness (QED) is 0.569. The van der Waals surface area contributed by atoms with Crippen molar-refractivity contribution in [2.75, 3.05) is 13.2 Å². The number of hydrogen-bond donors (Lipinski definition) is 2. The van der Waals surface area contributed by atoms with E-state index in [1.807, 2.05) is 0 Å². The van der Waals surface area contributed by atoms with Crippen molar-refractivity contribution < 1.29 is 10.0 Å². The van der Waals surface area contributed by atoms with Gasteiger partial charge in [-0.25, -0.2) is 0 Å². The van der Waals surface area contributed by atoms with Crippen LogP contribution in [0.1, 0.15) is 25.3 Å². The Morgan fingerprint density at radius 2 is 2.26 bits per heavy atom. The molecule has 0 saturated heterocycles. The van der Waals surface area contributed by atoms with Crippen LogP contribution >= 0.6 is 11.6 Å². The van der Waals surface area contributed by atoms with Gasteiger partial charge in [0.05, 0.1) is 9.95 Å². The summed E-state index contributed by atoms with van der Waals surface area (Å²) in [5.41, 5.74) is 0.839. The summed E-state index contributed by atoms with van der Waals surface area (Å²) in [6.45, 7) is 3.64. The third-order valence-corrected chi connectivity index (χ3v) is 3.46. The van der Waals surface area contributed by atoms with Crippen molar-refractivity contribution in [2.45, 2.75) is 26.3 Å². The molecule has 5 nitrogen and oxygen atoms in total. The van der Waals surface area contributed by atoms with Gasteiger partial charge in [-0.3, -0.25) is 10.1 Å². The van der Waals surface area contributed by atoms with Crippen molar-refractivity contribution in [3.8, 4) is 0 Å². The lowest BCUT2D eigenvalue weighted by atomic mass is 10.0. The third-order valence-electron chi connectivity index (χ3n) is 3.11. The van der Waals surface area contributed by atoms with E-state index in [0.29, 0.717) is 17.5 Å². The highest BCUT2D eigenvalue weighted by Crippen LogP contribution is 2.22. The van der Waals surface area contributed by atoms with E-state index in [1.165, 1.54) is 12.1 Å². The fourth-order valence-electron chi connectivity index (χ4n) is 1.84. The van der Waals surface area contributed by atoms with Crippen LogP contribution in [0, 0.1) is 16.0 Å². The Hall–Kier alpha value is -1.17. The van der Waals surface area contributed by atoms with E-state index in [0.717, 1.165) is 24.9 Å². The number of nitrogens with zero attached hydrogens (tertiary/aromatic N) is 1. The minimum Gasteiger partial charge on any atom is -0.396 e. The van der Waals surface area contributed by atoms with E-state index in [1.54, 1.807) is 6.07 Å². The molecular formula is C13H19ClN2O3. The smallest absolute Gasteiger partial charge is 0.270 e. The highest BCUT2D eigenvalue weighted by Gasteiger charge is 2.10. The molecule has 0 bridgehead atoms. The Labute approximate surface area is 117 Å². The average molecular weight is 287 g/mol. The second-order valence-corrected chi connectivity index (χ2v) is 4.86. The Balaban J connectivity index is 2.51. The molecule has 1 aromatic carbocycles. The van der Waals surface area contributed by atoms with Gasteiger partial charge in [0.2, 0.25) is 0 Å². The molecule has 2 N–H and O–H groups in total. The number of non-ortho nitro benzene ring substituents is 1. The second-order valence-electron chi connectivity index (χ2n) is 4.45. The maximum Gasteiger partial charge on any atom is 0.270 e. The lowest BCUT2D eigenvalue weighted by Gasteiger charge is -2.14. The lowest BCUT2D eigenvalue weighted by molar-refractivity contribution is -0.384. The molecule has 106 valence electrons. The van der Waals surface area contributed by atoms with Gasteiger partial charge in [0.15, 0.2) is 0 Å². The van der Waals surface area contributed by atoms with Gasteiger partial charge in [0, 0.05) is 25.3 Å². The summed E-state index contributed by atoms with van der Waals surface area (Å²) in [6.07, 6.45) is 1.78. The Morgan fingerprint density at radius 1 is 1.53 bits per heavy atom. The summed E-state index contributed by atoms with van der Waals surface area (Å²) >= 11 is 6.00. The van der Waals surface area contributed by atoms with Crippen molar-refractivity contribution in [1.29, 1.82) is 0 Å². The van der Waals surface area contributed by atoms with Gasteiger partial charge in [-0.1, -0.05) is 24.9 Å². The highest BCUT2D eigenvalue weighted by atomic mass is 35.5. The first-order chi connectivity index (χ1) is 9.08. The molecule has 0 aromatic heterocycles. The van der Waals surface area contributed by atoms with Gasteiger partial charge in [-0.2, -0.15) is 0 Å². The molecule has 0 fully saturated rings. The molecule has 1 atom stereocenters. The van der Waals surface area contributed by atoms with Gasteiger partial charge in [-0.05, 0) is 30.5 Å². The Morgan fingerprint density at radius 3 is 2.79 bits per heavy atom. The van der Waals surface area contributed by atoms with Crippen LogP contribution in [0.25, 0.3) is 0 Å². The molecule has 1 unspecified atom stereocenters. The standard InChI is InChI=1S/C13H19ClN2O3/c1-2-10(5-6-17)8-15-9-11-3-4-12(16(18)19)7-13(11)14/h3-4,7,10,15,17H,2,5-6,8-9H2,1H3. The number of halogens is 1. The zero-order valence-electron chi connectivity index (χ0n) is 10.9. The number of aliphatic hydroxyl groups is 1. The Kier molecular flexibility index (Phi) is 6.77. The molecule has 0 saturated carbocycles. The first-order valence-corrected chi connectivity index (χ1v) is 6.70. The molecule has 0 spiro atoms. The summed E-state index contributed by atoms with van der Waals surface area (Å²) in [7, 11) is 0. The lowest BCUT2D eigenvalue weighted by Crippen LogP contribution is -2.23. The number of benzene rings is 1. The zero-order chi connectivity index (χ0) is 14.3. The topological polar surface area (TPSA) is 75.4 Å². The van der Waals surface area contributed by atoms with Crippen molar-refractivity contribution in [3.63, 3.8) is 0 Å². The molecule has 0 heterocycles. The molecule has 0 aliphatic carbocycles. The molecule has 1 rings (SSSR count). The number of nitro benzene ring substituents is 1. The predicted octanol–water partition coefficient (Wildman–Crippen LogP) is 2.75. The normalized spacial score (nSPS) is 12.4. The molecule has 19 heavy (non-hydrogen) atoms. The van der Waals surface area contributed by atoms with Gasteiger partial charge in [-0.15, -0.1) is 0 Å². The maximum absolute atomic E-state index is 10.6. The van der Waals surface area contributed by atoms with Gasteiger partial charge in [0.25, 0.3) is 5.69 Å². The van der Waals surface area contributed by atoms with Gasteiger partial charge >= 0.3 is 0 Å². The van der Waals surface area contributed by atoms with E-state index in [4.69, 9.17) is 16.7 Å². The molecule has 0 amide bonds. The maximum atomic E-state index is 10.6. The van der Waals surface area contributed by atoms with Crippen molar-refractivity contribution in [2.24, 2.45) is 5.92 Å². The SMILES string of the molecule is CCC(CCO)CNCc1ccc([N+](=O)[O-])cc1Cl. The second kappa shape index (κ2) is 8.09. The summed E-state index contributed by atoms with van der Waals surface area (Å²) in [6, 6.07) is 4.48. The summed E-state index contributed by atoms with van der Waals surface area (Å²) in [4.78, 5) is 10.1. The minimum absolute atomic E-state index is 0.000431. The summed E-state index contributed by atoms with van der Waals surface area (Å²) in [5.74, 6) is 0.432. The van der Waals surface area contributed by atoms with Crippen LogP contribution in [-0.4, -0.2) is 23.2 Å². The number of nitrogens with one attached hydrogen (secondary N) is 1. The molecular weight excluding hydrogens is 268 g/mol. The first kappa shape index (κ1) is 15.9. The zero-order valence-corrected chi connectivity index (χ0v) is 11.7. The highest BCUT2D eigenvalue weighted by molar-refractivity contribution is 6.31.